The van der Waals surface area contributed by atoms with Gasteiger partial charge >= 0.3 is 5.97 Å². The second-order valence-corrected chi connectivity index (χ2v) is 4.53. The van der Waals surface area contributed by atoms with Crippen molar-refractivity contribution in [3.05, 3.63) is 0 Å². The number of hydrogen-bond donors (Lipinski definition) is 1. The Labute approximate surface area is 97.7 Å². The summed E-state index contributed by atoms with van der Waals surface area (Å²) in [5.41, 5.74) is 0. The van der Waals surface area contributed by atoms with Crippen LogP contribution in [0.4, 0.5) is 0 Å². The van der Waals surface area contributed by atoms with Crippen LogP contribution in [0.15, 0.2) is 0 Å². The van der Waals surface area contributed by atoms with Crippen LogP contribution in [0.25, 0.3) is 0 Å². The number of carbonyl (C=O) groups excluding carboxylic acids is 1. The quantitative estimate of drug-likeness (QED) is 0.723. The molecule has 16 heavy (non-hydrogen) atoms. The van der Waals surface area contributed by atoms with Crippen molar-refractivity contribution in [1.82, 2.24) is 5.32 Å². The Hall–Kier alpha value is -0.610. The first-order valence-corrected chi connectivity index (χ1v) is 6.15. The molecule has 1 heterocycles. The van der Waals surface area contributed by atoms with E-state index in [1.165, 1.54) is 0 Å². The van der Waals surface area contributed by atoms with Gasteiger partial charge < -0.3 is 14.8 Å². The second kappa shape index (κ2) is 6.86. The number of rotatable bonds is 5. The van der Waals surface area contributed by atoms with E-state index < -0.39 is 0 Å². The third-order valence-corrected chi connectivity index (χ3v) is 2.84. The molecule has 0 aromatic rings. The number of esters is 1. The lowest BCUT2D eigenvalue weighted by Gasteiger charge is -2.29. The average Bonchev–Trinajstić information content (AvgIpc) is 2.27. The lowest BCUT2D eigenvalue weighted by Crippen LogP contribution is -2.49. The molecule has 1 rings (SSSR count). The van der Waals surface area contributed by atoms with Crippen molar-refractivity contribution >= 4 is 5.97 Å². The maximum atomic E-state index is 11.7. The minimum absolute atomic E-state index is 0.135. The summed E-state index contributed by atoms with van der Waals surface area (Å²) in [5.74, 6) is 0.117. The third kappa shape index (κ3) is 4.10. The number of ether oxygens (including phenoxy) is 2. The third-order valence-electron chi connectivity index (χ3n) is 2.84. The smallest absolute Gasteiger partial charge is 0.323 e. The van der Waals surface area contributed by atoms with E-state index in [0.717, 1.165) is 26.1 Å². The van der Waals surface area contributed by atoms with Crippen LogP contribution >= 0.6 is 0 Å². The fraction of sp³-hybridized carbons (Fsp3) is 0.917. The molecule has 0 saturated carbocycles. The molecule has 4 heteroatoms. The van der Waals surface area contributed by atoms with Crippen LogP contribution in [0, 0.1) is 5.92 Å². The normalized spacial score (nSPS) is 19.8. The maximum Gasteiger partial charge on any atom is 0.323 e. The highest BCUT2D eigenvalue weighted by molar-refractivity contribution is 5.76. The van der Waals surface area contributed by atoms with Crippen molar-refractivity contribution in [3.63, 3.8) is 0 Å². The van der Waals surface area contributed by atoms with Crippen LogP contribution in [-0.2, 0) is 14.3 Å². The summed E-state index contributed by atoms with van der Waals surface area (Å²) < 4.78 is 10.4. The lowest BCUT2D eigenvalue weighted by atomic mass is 10.0. The molecular weight excluding hydrogens is 206 g/mol. The maximum absolute atomic E-state index is 11.7. The van der Waals surface area contributed by atoms with Gasteiger partial charge in [-0.3, -0.25) is 4.79 Å². The first-order chi connectivity index (χ1) is 7.65. The second-order valence-electron chi connectivity index (χ2n) is 4.53. The molecular formula is C12H23NO3. The zero-order chi connectivity index (χ0) is 12.0. The molecule has 1 aliphatic heterocycles. The molecule has 1 fully saturated rings. The largest absolute Gasteiger partial charge is 0.465 e. The van der Waals surface area contributed by atoms with Gasteiger partial charge in [0.15, 0.2) is 0 Å². The van der Waals surface area contributed by atoms with E-state index in [-0.39, 0.29) is 17.9 Å². The van der Waals surface area contributed by atoms with E-state index in [9.17, 15) is 4.79 Å². The van der Waals surface area contributed by atoms with E-state index in [1.807, 2.05) is 20.8 Å². The van der Waals surface area contributed by atoms with E-state index in [1.54, 1.807) is 0 Å². The van der Waals surface area contributed by atoms with Crippen LogP contribution < -0.4 is 5.32 Å². The van der Waals surface area contributed by atoms with Crippen LogP contribution in [0.5, 0.6) is 0 Å². The van der Waals surface area contributed by atoms with Gasteiger partial charge in [0.25, 0.3) is 0 Å². The van der Waals surface area contributed by atoms with Gasteiger partial charge in [-0.05, 0) is 25.7 Å². The standard InChI is InChI=1S/C12H23NO3/c1-4-16-12(14)11(9(2)3)13-10-5-7-15-8-6-10/h9-11,13H,4-8H2,1-3H3. The molecule has 1 N–H and O–H groups in total. The van der Waals surface area contributed by atoms with Gasteiger partial charge in [-0.1, -0.05) is 13.8 Å². The van der Waals surface area contributed by atoms with E-state index in [4.69, 9.17) is 9.47 Å². The Bertz CT molecular complexity index is 212. The first kappa shape index (κ1) is 13.5. The highest BCUT2D eigenvalue weighted by Gasteiger charge is 2.27. The molecule has 0 bridgehead atoms. The lowest BCUT2D eigenvalue weighted by molar-refractivity contribution is -0.147. The predicted octanol–water partition coefficient (Wildman–Crippen LogP) is 1.34. The topological polar surface area (TPSA) is 47.6 Å². The molecule has 1 unspecified atom stereocenters. The summed E-state index contributed by atoms with van der Waals surface area (Å²) in [4.78, 5) is 11.7. The van der Waals surface area contributed by atoms with E-state index in [0.29, 0.717) is 12.6 Å². The van der Waals surface area contributed by atoms with Gasteiger partial charge in [-0.2, -0.15) is 0 Å². The van der Waals surface area contributed by atoms with Crippen LogP contribution in [-0.4, -0.2) is 37.9 Å². The Morgan fingerprint density at radius 1 is 1.44 bits per heavy atom. The minimum atomic E-state index is -0.192. The van der Waals surface area contributed by atoms with Crippen LogP contribution in [0.2, 0.25) is 0 Å². The zero-order valence-corrected chi connectivity index (χ0v) is 10.5. The fourth-order valence-corrected chi connectivity index (χ4v) is 1.88. The highest BCUT2D eigenvalue weighted by Crippen LogP contribution is 2.11. The molecule has 1 aliphatic rings. The Morgan fingerprint density at radius 2 is 2.06 bits per heavy atom. The number of nitrogens with one attached hydrogen (secondary N) is 1. The summed E-state index contributed by atoms with van der Waals surface area (Å²) in [7, 11) is 0. The summed E-state index contributed by atoms with van der Waals surface area (Å²) in [6, 6.07) is 0.189. The molecule has 0 aliphatic carbocycles. The zero-order valence-electron chi connectivity index (χ0n) is 10.5. The minimum Gasteiger partial charge on any atom is -0.465 e. The van der Waals surface area contributed by atoms with Crippen molar-refractivity contribution < 1.29 is 14.3 Å². The van der Waals surface area contributed by atoms with Crippen molar-refractivity contribution in [3.8, 4) is 0 Å². The molecule has 0 aromatic carbocycles. The van der Waals surface area contributed by atoms with Crippen LogP contribution in [0.3, 0.4) is 0 Å². The molecule has 1 saturated heterocycles. The van der Waals surface area contributed by atoms with Gasteiger partial charge in [0, 0.05) is 19.3 Å². The predicted molar refractivity (Wildman–Crippen MR) is 62.2 cm³/mol. The van der Waals surface area contributed by atoms with Crippen molar-refractivity contribution in [2.45, 2.75) is 45.7 Å². The molecule has 4 nitrogen and oxygen atoms in total. The fourth-order valence-electron chi connectivity index (χ4n) is 1.88. The Morgan fingerprint density at radius 3 is 2.56 bits per heavy atom. The van der Waals surface area contributed by atoms with Gasteiger partial charge in [0.05, 0.1) is 6.61 Å². The average molecular weight is 229 g/mol. The van der Waals surface area contributed by atoms with Gasteiger partial charge in [-0.25, -0.2) is 0 Å². The van der Waals surface area contributed by atoms with Gasteiger partial charge in [-0.15, -0.1) is 0 Å². The van der Waals surface area contributed by atoms with E-state index in [2.05, 4.69) is 5.32 Å². The first-order valence-electron chi connectivity index (χ1n) is 6.15. The summed E-state index contributed by atoms with van der Waals surface area (Å²) in [5, 5.41) is 3.39. The van der Waals surface area contributed by atoms with E-state index >= 15 is 0 Å². The summed E-state index contributed by atoms with van der Waals surface area (Å²) in [6.45, 7) is 7.92. The highest BCUT2D eigenvalue weighted by atomic mass is 16.5. The van der Waals surface area contributed by atoms with Gasteiger partial charge in [0.1, 0.15) is 6.04 Å². The van der Waals surface area contributed by atoms with Crippen molar-refractivity contribution in [2.24, 2.45) is 5.92 Å². The monoisotopic (exact) mass is 229 g/mol. The summed E-state index contributed by atoms with van der Waals surface area (Å²) in [6.07, 6.45) is 1.95. The van der Waals surface area contributed by atoms with Gasteiger partial charge in [0.2, 0.25) is 0 Å². The summed E-state index contributed by atoms with van der Waals surface area (Å²) >= 11 is 0. The number of carbonyl (C=O) groups is 1. The SMILES string of the molecule is CCOC(=O)C(NC1CCOCC1)C(C)C. The Balaban J connectivity index is 2.46. The van der Waals surface area contributed by atoms with Crippen molar-refractivity contribution in [1.29, 1.82) is 0 Å². The molecule has 0 radical (unpaired) electrons. The van der Waals surface area contributed by atoms with Crippen LogP contribution in [0.1, 0.15) is 33.6 Å². The number of hydrogen-bond acceptors (Lipinski definition) is 4. The Kier molecular flexibility index (Phi) is 5.77. The van der Waals surface area contributed by atoms with Crippen molar-refractivity contribution in [2.75, 3.05) is 19.8 Å². The molecule has 0 amide bonds. The molecule has 94 valence electrons. The molecule has 0 spiro atoms. The molecule has 0 aromatic heterocycles. The molecule has 1 atom stereocenters.